The van der Waals surface area contributed by atoms with E-state index in [-0.39, 0.29) is 6.23 Å². The van der Waals surface area contributed by atoms with E-state index in [1.807, 2.05) is 0 Å². The molecule has 10 heavy (non-hydrogen) atoms. The van der Waals surface area contributed by atoms with Crippen LogP contribution >= 0.6 is 24.8 Å². The van der Waals surface area contributed by atoms with E-state index in [9.17, 15) is 0 Å². The van der Waals surface area contributed by atoms with Crippen LogP contribution in [0.3, 0.4) is 0 Å². The second kappa shape index (κ2) is 4.12. The van der Waals surface area contributed by atoms with Gasteiger partial charge in [-0.2, -0.15) is 0 Å². The van der Waals surface area contributed by atoms with E-state index in [1.54, 1.807) is 0 Å². The number of thiocarbonyl (C=S) groups is 1. The highest BCUT2D eigenvalue weighted by atomic mass is 32.1. The SMILES string of the molecule is S=C(S)NOC1CCCN1. The van der Waals surface area contributed by atoms with Gasteiger partial charge in [0.25, 0.3) is 0 Å². The summed E-state index contributed by atoms with van der Waals surface area (Å²) in [5, 5.41) is 3.13. The van der Waals surface area contributed by atoms with Crippen molar-refractivity contribution >= 4 is 29.2 Å². The molecule has 0 aromatic carbocycles. The molecule has 0 amide bonds. The minimum Gasteiger partial charge on any atom is -0.290 e. The van der Waals surface area contributed by atoms with Gasteiger partial charge in [0, 0.05) is 0 Å². The molecule has 1 saturated heterocycles. The molecule has 1 rings (SSSR count). The maximum atomic E-state index is 5.09. The minimum absolute atomic E-state index is 0.102. The maximum absolute atomic E-state index is 5.09. The Balaban J connectivity index is 2.07. The van der Waals surface area contributed by atoms with E-state index in [0.717, 1.165) is 19.4 Å². The van der Waals surface area contributed by atoms with Crippen molar-refractivity contribution in [2.75, 3.05) is 6.54 Å². The Labute approximate surface area is 70.9 Å². The summed E-state index contributed by atoms with van der Waals surface area (Å²) in [4.78, 5) is 5.09. The van der Waals surface area contributed by atoms with Gasteiger partial charge in [-0.05, 0) is 19.4 Å². The number of rotatable bonds is 2. The fourth-order valence-corrected chi connectivity index (χ4v) is 0.976. The van der Waals surface area contributed by atoms with Gasteiger partial charge < -0.3 is 0 Å². The molecule has 1 unspecified atom stereocenters. The van der Waals surface area contributed by atoms with Crippen LogP contribution < -0.4 is 10.8 Å². The molecular formula is C5H10N2OS2. The van der Waals surface area contributed by atoms with E-state index >= 15 is 0 Å². The van der Waals surface area contributed by atoms with Crippen LogP contribution in [-0.2, 0) is 4.84 Å². The Hall–Kier alpha value is 0.160. The van der Waals surface area contributed by atoms with Crippen molar-refractivity contribution in [2.45, 2.75) is 19.1 Å². The first-order valence-corrected chi connectivity index (χ1v) is 4.02. The third kappa shape index (κ3) is 2.83. The van der Waals surface area contributed by atoms with Crippen molar-refractivity contribution in [3.05, 3.63) is 0 Å². The van der Waals surface area contributed by atoms with Gasteiger partial charge in [0.1, 0.15) is 6.23 Å². The molecule has 0 saturated carbocycles. The highest BCUT2D eigenvalue weighted by Crippen LogP contribution is 2.04. The molecule has 0 spiro atoms. The summed E-state index contributed by atoms with van der Waals surface area (Å²) in [6, 6.07) is 0. The quantitative estimate of drug-likeness (QED) is 0.325. The Bertz CT molecular complexity index is 125. The molecule has 3 nitrogen and oxygen atoms in total. The number of hydrogen-bond donors (Lipinski definition) is 3. The van der Waals surface area contributed by atoms with E-state index in [0.29, 0.717) is 4.32 Å². The zero-order chi connectivity index (χ0) is 7.40. The van der Waals surface area contributed by atoms with Gasteiger partial charge in [-0.25, -0.2) is 5.48 Å². The minimum atomic E-state index is 0.102. The Morgan fingerprint density at radius 3 is 3.10 bits per heavy atom. The van der Waals surface area contributed by atoms with Gasteiger partial charge in [-0.3, -0.25) is 10.2 Å². The lowest BCUT2D eigenvalue weighted by molar-refractivity contribution is 0.00440. The fraction of sp³-hybridized carbons (Fsp3) is 0.800. The van der Waals surface area contributed by atoms with Crippen molar-refractivity contribution < 1.29 is 4.84 Å². The van der Waals surface area contributed by atoms with Gasteiger partial charge in [0.15, 0.2) is 4.32 Å². The van der Waals surface area contributed by atoms with Crippen LogP contribution in [0.1, 0.15) is 12.8 Å². The molecule has 1 heterocycles. The van der Waals surface area contributed by atoms with Crippen LogP contribution in [0, 0.1) is 0 Å². The van der Waals surface area contributed by atoms with Crippen LogP contribution in [0.5, 0.6) is 0 Å². The van der Waals surface area contributed by atoms with Gasteiger partial charge in [0.2, 0.25) is 0 Å². The number of hydroxylamine groups is 1. The molecule has 0 radical (unpaired) electrons. The van der Waals surface area contributed by atoms with E-state index in [2.05, 4.69) is 35.6 Å². The molecule has 0 aromatic heterocycles. The van der Waals surface area contributed by atoms with Gasteiger partial charge in [0.05, 0.1) is 0 Å². The molecule has 58 valence electrons. The van der Waals surface area contributed by atoms with E-state index in [1.165, 1.54) is 0 Å². The summed E-state index contributed by atoms with van der Waals surface area (Å²) in [7, 11) is 0. The summed E-state index contributed by atoms with van der Waals surface area (Å²) in [5.41, 5.74) is 2.52. The Morgan fingerprint density at radius 1 is 1.80 bits per heavy atom. The monoisotopic (exact) mass is 178 g/mol. The molecular weight excluding hydrogens is 168 g/mol. The van der Waals surface area contributed by atoms with Crippen LogP contribution in [-0.4, -0.2) is 17.1 Å². The first-order chi connectivity index (χ1) is 4.79. The summed E-state index contributed by atoms with van der Waals surface area (Å²) < 4.78 is 0.369. The Morgan fingerprint density at radius 2 is 2.60 bits per heavy atom. The smallest absolute Gasteiger partial charge is 0.154 e. The highest BCUT2D eigenvalue weighted by molar-refractivity contribution is 8.10. The maximum Gasteiger partial charge on any atom is 0.154 e. The van der Waals surface area contributed by atoms with Gasteiger partial charge in [-0.15, -0.1) is 12.6 Å². The molecule has 0 aliphatic carbocycles. The van der Waals surface area contributed by atoms with Crippen molar-refractivity contribution in [3.63, 3.8) is 0 Å². The molecule has 5 heteroatoms. The third-order valence-corrected chi connectivity index (χ3v) is 1.48. The van der Waals surface area contributed by atoms with Crippen molar-refractivity contribution in [1.29, 1.82) is 0 Å². The topological polar surface area (TPSA) is 33.3 Å². The summed E-state index contributed by atoms with van der Waals surface area (Å²) in [6.07, 6.45) is 2.29. The molecule has 1 aliphatic heterocycles. The van der Waals surface area contributed by atoms with Gasteiger partial charge >= 0.3 is 0 Å². The lowest BCUT2D eigenvalue weighted by Gasteiger charge is -2.10. The van der Waals surface area contributed by atoms with Crippen molar-refractivity contribution in [1.82, 2.24) is 10.8 Å². The Kier molecular flexibility index (Phi) is 3.41. The molecule has 1 aliphatic rings. The van der Waals surface area contributed by atoms with Gasteiger partial charge in [-0.1, -0.05) is 12.2 Å². The first kappa shape index (κ1) is 8.26. The second-order valence-electron chi connectivity index (χ2n) is 2.11. The molecule has 0 aromatic rings. The summed E-state index contributed by atoms with van der Waals surface area (Å²) >= 11 is 8.47. The zero-order valence-electron chi connectivity index (χ0n) is 5.46. The third-order valence-electron chi connectivity index (χ3n) is 1.30. The summed E-state index contributed by atoms with van der Waals surface area (Å²) in [5.74, 6) is 0. The number of thiol groups is 1. The largest absolute Gasteiger partial charge is 0.290 e. The average Bonchev–Trinajstić information content (AvgIpc) is 2.34. The van der Waals surface area contributed by atoms with Crippen LogP contribution in [0.25, 0.3) is 0 Å². The van der Waals surface area contributed by atoms with Crippen LogP contribution in [0.4, 0.5) is 0 Å². The van der Waals surface area contributed by atoms with Crippen molar-refractivity contribution in [3.8, 4) is 0 Å². The van der Waals surface area contributed by atoms with E-state index in [4.69, 9.17) is 4.84 Å². The predicted molar refractivity (Wildman–Crippen MR) is 46.8 cm³/mol. The summed E-state index contributed by atoms with van der Waals surface area (Å²) in [6.45, 7) is 1.02. The zero-order valence-corrected chi connectivity index (χ0v) is 7.17. The molecule has 2 N–H and O–H groups in total. The average molecular weight is 178 g/mol. The molecule has 1 fully saturated rings. The number of hydrogen-bond acceptors (Lipinski definition) is 3. The normalized spacial score (nSPS) is 24.7. The fourth-order valence-electron chi connectivity index (χ4n) is 0.875. The number of nitrogens with one attached hydrogen (secondary N) is 2. The van der Waals surface area contributed by atoms with Crippen LogP contribution in [0.15, 0.2) is 0 Å². The highest BCUT2D eigenvalue weighted by Gasteiger charge is 2.13. The standard InChI is InChI=1S/C5H10N2OS2/c9-5(10)7-8-4-2-1-3-6-4/h4,6H,1-3H2,(H2,7,9,10). The lowest BCUT2D eigenvalue weighted by atomic mass is 10.4. The second-order valence-corrected chi connectivity index (χ2v) is 3.27. The predicted octanol–water partition coefficient (Wildman–Crippen LogP) is 0.432. The molecule has 1 atom stereocenters. The van der Waals surface area contributed by atoms with Crippen LogP contribution in [0.2, 0.25) is 0 Å². The lowest BCUT2D eigenvalue weighted by Crippen LogP contribution is -2.32. The molecule has 0 bridgehead atoms. The van der Waals surface area contributed by atoms with E-state index < -0.39 is 0 Å². The van der Waals surface area contributed by atoms with Crippen molar-refractivity contribution in [2.24, 2.45) is 0 Å². The first-order valence-electron chi connectivity index (χ1n) is 3.17.